The zero-order chi connectivity index (χ0) is 13.2. The summed E-state index contributed by atoms with van der Waals surface area (Å²) in [6.07, 6.45) is 2.50. The highest BCUT2D eigenvalue weighted by Crippen LogP contribution is 2.41. The molecule has 19 heavy (non-hydrogen) atoms. The van der Waals surface area contributed by atoms with Gasteiger partial charge in [-0.3, -0.25) is 0 Å². The topological polar surface area (TPSA) is 12.0 Å². The van der Waals surface area contributed by atoms with Crippen LogP contribution in [0.4, 0.5) is 4.39 Å². The third-order valence-corrected chi connectivity index (χ3v) is 4.68. The highest BCUT2D eigenvalue weighted by atomic mass is 35.5. The van der Waals surface area contributed by atoms with E-state index in [0.717, 1.165) is 10.9 Å². The molecule has 1 atom stereocenters. The van der Waals surface area contributed by atoms with Crippen molar-refractivity contribution < 1.29 is 4.39 Å². The minimum Gasteiger partial charge on any atom is -0.305 e. The van der Waals surface area contributed by atoms with Gasteiger partial charge >= 0.3 is 0 Å². The van der Waals surface area contributed by atoms with Crippen molar-refractivity contribution >= 4 is 22.9 Å². The molecule has 3 rings (SSSR count). The van der Waals surface area contributed by atoms with E-state index in [1.54, 1.807) is 11.3 Å². The van der Waals surface area contributed by atoms with Crippen LogP contribution in [-0.4, -0.2) is 0 Å². The lowest BCUT2D eigenvalue weighted by atomic mass is 10.0. The quantitative estimate of drug-likeness (QED) is 0.837. The number of nitrogens with one attached hydrogen (secondary N) is 1. The summed E-state index contributed by atoms with van der Waals surface area (Å²) >= 11 is 7.54. The molecule has 1 aromatic carbocycles. The average Bonchev–Trinajstić information content (AvgIpc) is 3.15. The molecule has 0 saturated heterocycles. The Kier molecular flexibility index (Phi) is 3.87. The van der Waals surface area contributed by atoms with Crippen molar-refractivity contribution in [3.8, 4) is 0 Å². The Morgan fingerprint density at radius 2 is 1.95 bits per heavy atom. The van der Waals surface area contributed by atoms with Gasteiger partial charge in [-0.25, -0.2) is 4.39 Å². The molecule has 0 spiro atoms. The van der Waals surface area contributed by atoms with E-state index in [4.69, 9.17) is 11.6 Å². The van der Waals surface area contributed by atoms with Gasteiger partial charge in [0.2, 0.25) is 0 Å². The van der Waals surface area contributed by atoms with Crippen molar-refractivity contribution in [1.82, 2.24) is 5.32 Å². The molecular formula is C15H15ClFNS. The van der Waals surface area contributed by atoms with Crippen LogP contribution in [0.1, 0.15) is 29.3 Å². The van der Waals surface area contributed by atoms with Crippen molar-refractivity contribution in [2.45, 2.75) is 25.4 Å². The molecule has 0 bridgehead atoms. The lowest BCUT2D eigenvalue weighted by molar-refractivity contribution is 0.481. The highest BCUT2D eigenvalue weighted by molar-refractivity contribution is 7.16. The molecule has 0 aliphatic heterocycles. The lowest BCUT2D eigenvalue weighted by Gasteiger charge is -2.18. The Balaban J connectivity index is 1.69. The molecule has 1 aromatic heterocycles. The van der Waals surface area contributed by atoms with Crippen LogP contribution in [0.5, 0.6) is 0 Å². The predicted molar refractivity (Wildman–Crippen MR) is 78.0 cm³/mol. The molecule has 0 amide bonds. The van der Waals surface area contributed by atoms with Gasteiger partial charge in [0.1, 0.15) is 5.82 Å². The summed E-state index contributed by atoms with van der Waals surface area (Å²) in [5, 5.41) is 3.58. The monoisotopic (exact) mass is 295 g/mol. The molecule has 4 heteroatoms. The molecule has 1 aliphatic carbocycles. The van der Waals surface area contributed by atoms with Gasteiger partial charge < -0.3 is 5.32 Å². The first-order valence-corrected chi connectivity index (χ1v) is 7.65. The van der Waals surface area contributed by atoms with Gasteiger partial charge in [0.25, 0.3) is 0 Å². The Morgan fingerprint density at radius 1 is 1.21 bits per heavy atom. The third kappa shape index (κ3) is 3.35. The number of benzene rings is 1. The van der Waals surface area contributed by atoms with E-state index in [1.165, 1.54) is 35.4 Å². The summed E-state index contributed by atoms with van der Waals surface area (Å²) in [6, 6.07) is 11.1. The fraction of sp³-hybridized carbons (Fsp3) is 0.333. The summed E-state index contributed by atoms with van der Waals surface area (Å²) in [5.41, 5.74) is 1.17. The van der Waals surface area contributed by atoms with Crippen molar-refractivity contribution in [3.63, 3.8) is 0 Å². The second-order valence-corrected chi connectivity index (χ2v) is 6.75. The van der Waals surface area contributed by atoms with Crippen LogP contribution in [0.25, 0.3) is 0 Å². The molecule has 1 fully saturated rings. The molecule has 0 radical (unpaired) electrons. The smallest absolute Gasteiger partial charge is 0.123 e. The van der Waals surface area contributed by atoms with Gasteiger partial charge in [0.05, 0.1) is 4.34 Å². The van der Waals surface area contributed by atoms with Crippen molar-refractivity contribution in [2.24, 2.45) is 5.92 Å². The Hall–Kier alpha value is -0.900. The molecule has 1 heterocycles. The Bertz CT molecular complexity index is 548. The summed E-state index contributed by atoms with van der Waals surface area (Å²) < 4.78 is 13.8. The van der Waals surface area contributed by atoms with E-state index in [2.05, 4.69) is 11.4 Å². The minimum atomic E-state index is -0.177. The van der Waals surface area contributed by atoms with E-state index < -0.39 is 0 Å². The Labute approximate surface area is 121 Å². The zero-order valence-electron chi connectivity index (χ0n) is 10.4. The summed E-state index contributed by atoms with van der Waals surface area (Å²) in [5.74, 6) is 0.504. The lowest BCUT2D eigenvalue weighted by Crippen LogP contribution is -2.22. The van der Waals surface area contributed by atoms with Crippen molar-refractivity contribution in [2.75, 3.05) is 0 Å². The van der Waals surface area contributed by atoms with Crippen LogP contribution in [0.15, 0.2) is 36.4 Å². The number of hydrogen-bond donors (Lipinski definition) is 1. The first-order valence-electron chi connectivity index (χ1n) is 6.45. The van der Waals surface area contributed by atoms with Gasteiger partial charge in [-0.2, -0.15) is 0 Å². The van der Waals surface area contributed by atoms with E-state index in [0.29, 0.717) is 12.0 Å². The SMILES string of the molecule is Fc1ccc(C(NCc2ccc(Cl)s2)C2CC2)cc1. The molecule has 1 aliphatic rings. The summed E-state index contributed by atoms with van der Waals surface area (Å²) in [4.78, 5) is 1.23. The number of halogens is 2. The van der Waals surface area contributed by atoms with E-state index in [9.17, 15) is 4.39 Å². The second kappa shape index (κ2) is 5.61. The maximum Gasteiger partial charge on any atom is 0.123 e. The van der Waals surface area contributed by atoms with Gasteiger partial charge in [0, 0.05) is 17.5 Å². The van der Waals surface area contributed by atoms with Crippen LogP contribution in [-0.2, 0) is 6.54 Å². The normalized spacial score (nSPS) is 16.5. The number of rotatable bonds is 5. The van der Waals surface area contributed by atoms with Gasteiger partial charge in [0.15, 0.2) is 0 Å². The largest absolute Gasteiger partial charge is 0.305 e. The molecular weight excluding hydrogens is 281 g/mol. The maximum atomic E-state index is 13.0. The summed E-state index contributed by atoms with van der Waals surface area (Å²) in [6.45, 7) is 0.815. The standard InChI is InChI=1S/C15H15ClFNS/c16-14-8-7-13(19-14)9-18-15(10-1-2-10)11-3-5-12(17)6-4-11/h3-8,10,15,18H,1-2,9H2. The Morgan fingerprint density at radius 3 is 2.53 bits per heavy atom. The van der Waals surface area contributed by atoms with Crippen LogP contribution in [0.3, 0.4) is 0 Å². The first-order chi connectivity index (χ1) is 9.22. The summed E-state index contributed by atoms with van der Waals surface area (Å²) in [7, 11) is 0. The number of thiophene rings is 1. The average molecular weight is 296 g/mol. The highest BCUT2D eigenvalue weighted by Gasteiger charge is 2.31. The molecule has 1 unspecified atom stereocenters. The maximum absolute atomic E-state index is 13.0. The fourth-order valence-corrected chi connectivity index (χ4v) is 3.35. The second-order valence-electron chi connectivity index (χ2n) is 4.95. The number of hydrogen-bond acceptors (Lipinski definition) is 2. The van der Waals surface area contributed by atoms with E-state index in [1.807, 2.05) is 18.2 Å². The van der Waals surface area contributed by atoms with Crippen molar-refractivity contribution in [3.05, 3.63) is 57.0 Å². The predicted octanol–water partition coefficient (Wildman–Crippen LogP) is 4.78. The molecule has 1 N–H and O–H groups in total. The zero-order valence-corrected chi connectivity index (χ0v) is 12.0. The van der Waals surface area contributed by atoms with Gasteiger partial charge in [-0.05, 0) is 48.6 Å². The molecule has 1 nitrogen and oxygen atoms in total. The van der Waals surface area contributed by atoms with E-state index >= 15 is 0 Å². The van der Waals surface area contributed by atoms with Crippen LogP contribution >= 0.6 is 22.9 Å². The van der Waals surface area contributed by atoms with Gasteiger partial charge in [-0.15, -0.1) is 11.3 Å². The van der Waals surface area contributed by atoms with Crippen LogP contribution in [0, 0.1) is 11.7 Å². The van der Waals surface area contributed by atoms with E-state index in [-0.39, 0.29) is 5.82 Å². The molecule has 2 aromatic rings. The minimum absolute atomic E-state index is 0.177. The molecule has 100 valence electrons. The van der Waals surface area contributed by atoms with Gasteiger partial charge in [-0.1, -0.05) is 23.7 Å². The first kappa shape index (κ1) is 13.1. The van der Waals surface area contributed by atoms with Crippen LogP contribution in [0.2, 0.25) is 4.34 Å². The molecule has 1 saturated carbocycles. The third-order valence-electron chi connectivity index (χ3n) is 3.45. The fourth-order valence-electron chi connectivity index (χ4n) is 2.31. The van der Waals surface area contributed by atoms with Crippen molar-refractivity contribution in [1.29, 1.82) is 0 Å². The van der Waals surface area contributed by atoms with Crippen LogP contribution < -0.4 is 5.32 Å².